The summed E-state index contributed by atoms with van der Waals surface area (Å²) >= 11 is 0. The number of nitrogens with zero attached hydrogens (tertiary/aromatic N) is 2. The molecule has 82 valence electrons. The third-order valence-corrected chi connectivity index (χ3v) is 3.05. The summed E-state index contributed by atoms with van der Waals surface area (Å²) in [5.41, 5.74) is 0. The molecule has 1 fully saturated rings. The van der Waals surface area contributed by atoms with Crippen molar-refractivity contribution in [2.45, 2.75) is 26.3 Å². The summed E-state index contributed by atoms with van der Waals surface area (Å²) in [5, 5.41) is 3.40. The second-order valence-corrected chi connectivity index (χ2v) is 4.39. The van der Waals surface area contributed by atoms with Crippen molar-refractivity contribution < 1.29 is 0 Å². The molecule has 3 heteroatoms. The predicted octanol–water partition coefficient (Wildman–Crippen LogP) is 2.53. The monoisotopic (exact) mass is 205 g/mol. The third kappa shape index (κ3) is 2.61. The minimum atomic E-state index is 0.763. The van der Waals surface area contributed by atoms with Crippen LogP contribution in [0.3, 0.4) is 0 Å². The van der Waals surface area contributed by atoms with Crippen molar-refractivity contribution >= 4 is 5.95 Å². The van der Waals surface area contributed by atoms with E-state index >= 15 is 0 Å². The molecule has 1 unspecified atom stereocenters. The van der Waals surface area contributed by atoms with Crippen LogP contribution in [0.15, 0.2) is 25.0 Å². The minimum Gasteiger partial charge on any atom is -0.355 e. The van der Waals surface area contributed by atoms with Crippen LogP contribution in [0.5, 0.6) is 0 Å². The third-order valence-electron chi connectivity index (χ3n) is 3.05. The Hall–Kier alpha value is -1.25. The summed E-state index contributed by atoms with van der Waals surface area (Å²) in [6, 6.07) is 0. The van der Waals surface area contributed by atoms with Crippen molar-refractivity contribution in [3.8, 4) is 0 Å². The predicted molar refractivity (Wildman–Crippen MR) is 62.8 cm³/mol. The normalized spacial score (nSPS) is 17.4. The van der Waals surface area contributed by atoms with Gasteiger partial charge in [-0.25, -0.2) is 4.98 Å². The molecule has 1 saturated carbocycles. The van der Waals surface area contributed by atoms with E-state index in [0.29, 0.717) is 0 Å². The Morgan fingerprint density at radius 1 is 1.73 bits per heavy atom. The molecule has 0 aromatic carbocycles. The van der Waals surface area contributed by atoms with E-state index in [1.807, 2.05) is 18.5 Å². The molecule has 0 saturated heterocycles. The number of allylic oxidation sites excluding steroid dienone is 1. The molecule has 1 atom stereocenters. The van der Waals surface area contributed by atoms with E-state index in [2.05, 4.69) is 28.4 Å². The van der Waals surface area contributed by atoms with E-state index in [9.17, 15) is 0 Å². The zero-order valence-electron chi connectivity index (χ0n) is 9.32. The second kappa shape index (κ2) is 4.51. The van der Waals surface area contributed by atoms with Crippen molar-refractivity contribution in [1.29, 1.82) is 0 Å². The van der Waals surface area contributed by atoms with Crippen LogP contribution >= 0.6 is 0 Å². The molecule has 0 bridgehead atoms. The van der Waals surface area contributed by atoms with Crippen LogP contribution in [0.25, 0.3) is 0 Å². The van der Waals surface area contributed by atoms with E-state index in [4.69, 9.17) is 0 Å². The summed E-state index contributed by atoms with van der Waals surface area (Å²) in [6.45, 7) is 7.89. The van der Waals surface area contributed by atoms with E-state index in [1.54, 1.807) is 0 Å². The lowest BCUT2D eigenvalue weighted by atomic mass is 10.1. The molecule has 2 rings (SSSR count). The molecule has 15 heavy (non-hydrogen) atoms. The van der Waals surface area contributed by atoms with Crippen LogP contribution in [0.2, 0.25) is 0 Å². The SMILES string of the molecule is C=CCn1ccnc1NCC(C)C1CC1. The van der Waals surface area contributed by atoms with Gasteiger partial charge in [-0.3, -0.25) is 0 Å². The first-order valence-corrected chi connectivity index (χ1v) is 5.67. The van der Waals surface area contributed by atoms with Gasteiger partial charge >= 0.3 is 0 Å². The maximum absolute atomic E-state index is 4.29. The lowest BCUT2D eigenvalue weighted by Crippen LogP contribution is -2.15. The molecule has 1 aliphatic rings. The van der Waals surface area contributed by atoms with Gasteiger partial charge in [0, 0.05) is 25.5 Å². The Labute approximate surface area is 91.2 Å². The van der Waals surface area contributed by atoms with Gasteiger partial charge < -0.3 is 9.88 Å². The Bertz CT molecular complexity index is 325. The summed E-state index contributed by atoms with van der Waals surface area (Å²) < 4.78 is 2.08. The van der Waals surface area contributed by atoms with Crippen LogP contribution in [0, 0.1) is 11.8 Å². The summed E-state index contributed by atoms with van der Waals surface area (Å²) in [5.74, 6) is 2.67. The fraction of sp³-hybridized carbons (Fsp3) is 0.583. The van der Waals surface area contributed by atoms with Crippen molar-refractivity contribution in [3.63, 3.8) is 0 Å². The number of rotatable bonds is 6. The van der Waals surface area contributed by atoms with Crippen LogP contribution in [-0.4, -0.2) is 16.1 Å². The van der Waals surface area contributed by atoms with Crippen molar-refractivity contribution in [2.75, 3.05) is 11.9 Å². The first-order chi connectivity index (χ1) is 7.31. The maximum atomic E-state index is 4.29. The van der Waals surface area contributed by atoms with Gasteiger partial charge in [0.2, 0.25) is 5.95 Å². The maximum Gasteiger partial charge on any atom is 0.203 e. The minimum absolute atomic E-state index is 0.763. The van der Waals surface area contributed by atoms with E-state index in [0.717, 1.165) is 30.9 Å². The molecule has 3 nitrogen and oxygen atoms in total. The Morgan fingerprint density at radius 2 is 2.53 bits per heavy atom. The Kier molecular flexibility index (Phi) is 3.09. The summed E-state index contributed by atoms with van der Waals surface area (Å²) in [4.78, 5) is 4.29. The highest BCUT2D eigenvalue weighted by Crippen LogP contribution is 2.36. The van der Waals surface area contributed by atoms with Gasteiger partial charge in [-0.15, -0.1) is 6.58 Å². The fourth-order valence-electron chi connectivity index (χ4n) is 1.85. The molecule has 0 aliphatic heterocycles. The topological polar surface area (TPSA) is 29.9 Å². The number of hydrogen-bond acceptors (Lipinski definition) is 2. The Morgan fingerprint density at radius 3 is 3.20 bits per heavy atom. The first-order valence-electron chi connectivity index (χ1n) is 5.67. The van der Waals surface area contributed by atoms with Gasteiger partial charge in [0.15, 0.2) is 0 Å². The van der Waals surface area contributed by atoms with E-state index in [-0.39, 0.29) is 0 Å². The number of imidazole rings is 1. The van der Waals surface area contributed by atoms with Gasteiger partial charge in [-0.05, 0) is 24.7 Å². The van der Waals surface area contributed by atoms with Crippen LogP contribution in [0.4, 0.5) is 5.95 Å². The molecule has 1 aromatic heterocycles. The second-order valence-electron chi connectivity index (χ2n) is 4.39. The molecular weight excluding hydrogens is 186 g/mol. The highest BCUT2D eigenvalue weighted by molar-refractivity contribution is 5.26. The smallest absolute Gasteiger partial charge is 0.203 e. The van der Waals surface area contributed by atoms with Gasteiger partial charge in [0.1, 0.15) is 0 Å². The van der Waals surface area contributed by atoms with Crippen molar-refractivity contribution in [3.05, 3.63) is 25.0 Å². The lowest BCUT2D eigenvalue weighted by molar-refractivity contribution is 0.533. The van der Waals surface area contributed by atoms with Crippen LogP contribution in [-0.2, 0) is 6.54 Å². The molecule has 0 spiro atoms. The average Bonchev–Trinajstić information content (AvgIpc) is 2.99. The van der Waals surface area contributed by atoms with Gasteiger partial charge in [-0.2, -0.15) is 0 Å². The fourth-order valence-corrected chi connectivity index (χ4v) is 1.85. The van der Waals surface area contributed by atoms with Gasteiger partial charge in [-0.1, -0.05) is 13.0 Å². The number of nitrogens with one attached hydrogen (secondary N) is 1. The highest BCUT2D eigenvalue weighted by atomic mass is 15.2. The van der Waals surface area contributed by atoms with Crippen LogP contribution in [0.1, 0.15) is 19.8 Å². The Balaban J connectivity index is 1.85. The lowest BCUT2D eigenvalue weighted by Gasteiger charge is -2.12. The molecule has 0 amide bonds. The van der Waals surface area contributed by atoms with Crippen molar-refractivity contribution in [1.82, 2.24) is 9.55 Å². The first kappa shape index (κ1) is 10.3. The summed E-state index contributed by atoms with van der Waals surface area (Å²) in [7, 11) is 0. The largest absolute Gasteiger partial charge is 0.355 e. The molecule has 1 heterocycles. The molecule has 1 N–H and O–H groups in total. The number of anilines is 1. The average molecular weight is 205 g/mol. The molecular formula is C12H19N3. The molecule has 1 aromatic rings. The summed E-state index contributed by atoms with van der Waals surface area (Å²) in [6.07, 6.45) is 8.50. The number of aromatic nitrogens is 2. The molecule has 0 radical (unpaired) electrons. The standard InChI is InChI=1S/C12H19N3/c1-3-7-15-8-6-13-12(15)14-9-10(2)11-4-5-11/h3,6,8,10-11H,1,4-5,7,9H2,2H3,(H,13,14). The zero-order chi connectivity index (χ0) is 10.7. The van der Waals surface area contributed by atoms with E-state index < -0.39 is 0 Å². The van der Waals surface area contributed by atoms with Gasteiger partial charge in [0.25, 0.3) is 0 Å². The quantitative estimate of drug-likeness (QED) is 0.723. The van der Waals surface area contributed by atoms with Crippen LogP contribution < -0.4 is 5.32 Å². The van der Waals surface area contributed by atoms with E-state index in [1.165, 1.54) is 12.8 Å². The van der Waals surface area contributed by atoms with Gasteiger partial charge in [0.05, 0.1) is 0 Å². The molecule has 1 aliphatic carbocycles. The highest BCUT2D eigenvalue weighted by Gasteiger charge is 2.27. The van der Waals surface area contributed by atoms with Crippen molar-refractivity contribution in [2.24, 2.45) is 11.8 Å². The zero-order valence-corrected chi connectivity index (χ0v) is 9.32. The number of hydrogen-bond donors (Lipinski definition) is 1.